The number of hydrogen-bond acceptors (Lipinski definition) is 4. The predicted molar refractivity (Wildman–Crippen MR) is 123 cm³/mol. The van der Waals surface area contributed by atoms with Gasteiger partial charge in [-0.3, -0.25) is 4.79 Å². The Morgan fingerprint density at radius 1 is 0.968 bits per heavy atom. The van der Waals surface area contributed by atoms with Crippen LogP contribution in [0, 0.1) is 0 Å². The van der Waals surface area contributed by atoms with Crippen LogP contribution in [-0.2, 0) is 0 Å². The van der Waals surface area contributed by atoms with Crippen LogP contribution in [0.4, 0.5) is 0 Å². The minimum Gasteiger partial charge on any atom is -0.497 e. The molecule has 0 bridgehead atoms. The van der Waals surface area contributed by atoms with Gasteiger partial charge in [-0.05, 0) is 35.9 Å². The van der Waals surface area contributed by atoms with Gasteiger partial charge in [0.1, 0.15) is 11.5 Å². The summed E-state index contributed by atoms with van der Waals surface area (Å²) in [4.78, 5) is 13.4. The maximum Gasteiger partial charge on any atom is 0.276 e. The zero-order chi connectivity index (χ0) is 22.0. The lowest BCUT2D eigenvalue weighted by Gasteiger charge is -2.23. The van der Waals surface area contributed by atoms with E-state index in [9.17, 15) is 4.79 Å². The van der Waals surface area contributed by atoms with E-state index in [2.05, 4.69) is 0 Å². The van der Waals surface area contributed by atoms with E-state index >= 15 is 0 Å². The van der Waals surface area contributed by atoms with Gasteiger partial charge in [-0.2, -0.15) is 5.10 Å². The quantitative estimate of drug-likeness (QED) is 0.474. The number of carbonyl (C=O) groups is 1. The van der Waals surface area contributed by atoms with Gasteiger partial charge >= 0.3 is 0 Å². The van der Waals surface area contributed by atoms with Gasteiger partial charge in [0.25, 0.3) is 5.91 Å². The van der Waals surface area contributed by atoms with Gasteiger partial charge in [0.15, 0.2) is 0 Å². The highest BCUT2D eigenvalue weighted by atomic mass is 35.5. The van der Waals surface area contributed by atoms with E-state index in [-0.39, 0.29) is 11.9 Å². The van der Waals surface area contributed by atoms with Crippen molar-refractivity contribution < 1.29 is 14.3 Å². The summed E-state index contributed by atoms with van der Waals surface area (Å²) in [7, 11) is 3.19. The Kier molecular flexibility index (Phi) is 6.16. The third kappa shape index (κ3) is 4.11. The summed E-state index contributed by atoms with van der Waals surface area (Å²) in [6, 6.07) is 19.5. The van der Waals surface area contributed by atoms with Crippen molar-refractivity contribution in [2.45, 2.75) is 12.5 Å². The van der Waals surface area contributed by atoms with Crippen molar-refractivity contribution in [1.29, 1.82) is 0 Å². The third-order valence-electron chi connectivity index (χ3n) is 5.21. The van der Waals surface area contributed by atoms with Gasteiger partial charge in [0.2, 0.25) is 0 Å². The maximum atomic E-state index is 13.4. The minimum absolute atomic E-state index is 0.294. The molecule has 5 nitrogen and oxygen atoms in total. The fourth-order valence-corrected chi connectivity index (χ4v) is 4.12. The number of rotatable bonds is 5. The minimum atomic E-state index is -0.376. The lowest BCUT2D eigenvalue weighted by molar-refractivity contribution is 0.0711. The molecule has 3 aromatic carbocycles. The van der Waals surface area contributed by atoms with Crippen molar-refractivity contribution in [3.05, 3.63) is 93.5 Å². The Bertz CT molecular complexity index is 1160. The number of ether oxygens (including phenoxy) is 2. The summed E-state index contributed by atoms with van der Waals surface area (Å²) >= 11 is 12.8. The van der Waals surface area contributed by atoms with Crippen molar-refractivity contribution in [2.75, 3.05) is 14.2 Å². The fraction of sp³-hybridized carbons (Fsp3) is 0.167. The average Bonchev–Trinajstić information content (AvgIpc) is 3.23. The first-order valence-electron chi connectivity index (χ1n) is 9.66. The van der Waals surface area contributed by atoms with Crippen molar-refractivity contribution in [2.24, 2.45) is 5.10 Å². The lowest BCUT2D eigenvalue weighted by Crippen LogP contribution is -2.27. The van der Waals surface area contributed by atoms with Gasteiger partial charge in [-0.25, -0.2) is 5.01 Å². The van der Waals surface area contributed by atoms with Gasteiger partial charge < -0.3 is 9.47 Å². The standard InChI is InChI=1S/C24H20Cl2N2O3/c1-30-15-11-12-18(23(13-15)31-2)21-14-22(16-7-3-5-9-19(16)25)28(27-21)24(29)17-8-4-6-10-20(17)26/h3-13,22H,14H2,1-2H3/t22-/m0/s1. The van der Waals surface area contributed by atoms with Crippen molar-refractivity contribution in [3.8, 4) is 11.5 Å². The molecule has 0 spiro atoms. The molecule has 0 N–H and O–H groups in total. The molecule has 1 heterocycles. The molecule has 158 valence electrons. The average molecular weight is 455 g/mol. The number of nitrogens with zero attached hydrogens (tertiary/aromatic N) is 2. The van der Waals surface area contributed by atoms with Crippen LogP contribution in [0.15, 0.2) is 71.8 Å². The monoisotopic (exact) mass is 454 g/mol. The molecule has 1 aliphatic heterocycles. The SMILES string of the molecule is COc1ccc(C2=NN(C(=O)c3ccccc3Cl)[C@H](c3ccccc3Cl)C2)c(OC)c1. The molecular formula is C24H20Cl2N2O3. The van der Waals surface area contributed by atoms with E-state index in [1.165, 1.54) is 5.01 Å². The second-order valence-electron chi connectivity index (χ2n) is 6.98. The molecule has 4 rings (SSSR count). The Labute approximate surface area is 190 Å². The van der Waals surface area contributed by atoms with Gasteiger partial charge in [-0.15, -0.1) is 0 Å². The van der Waals surface area contributed by atoms with E-state index in [1.54, 1.807) is 50.6 Å². The van der Waals surface area contributed by atoms with Crippen molar-refractivity contribution in [3.63, 3.8) is 0 Å². The molecule has 31 heavy (non-hydrogen) atoms. The number of hydrogen-bond donors (Lipinski definition) is 0. The van der Waals surface area contributed by atoms with Crippen molar-refractivity contribution in [1.82, 2.24) is 5.01 Å². The fourth-order valence-electron chi connectivity index (χ4n) is 3.64. The predicted octanol–water partition coefficient (Wildman–Crippen LogP) is 6.00. The number of benzene rings is 3. The zero-order valence-electron chi connectivity index (χ0n) is 17.0. The Hall–Kier alpha value is -3.02. The summed E-state index contributed by atoms with van der Waals surface area (Å²) in [6.45, 7) is 0. The van der Waals surface area contributed by atoms with Crippen LogP contribution in [-0.4, -0.2) is 30.8 Å². The lowest BCUT2D eigenvalue weighted by atomic mass is 9.97. The van der Waals surface area contributed by atoms with Crippen LogP contribution in [0.3, 0.4) is 0 Å². The van der Waals surface area contributed by atoms with E-state index in [4.69, 9.17) is 37.8 Å². The second-order valence-corrected chi connectivity index (χ2v) is 7.80. The number of hydrazone groups is 1. The van der Waals surface area contributed by atoms with Crippen LogP contribution in [0.1, 0.15) is 33.9 Å². The first-order chi connectivity index (χ1) is 15.0. The topological polar surface area (TPSA) is 51.1 Å². The molecule has 1 atom stereocenters. The maximum absolute atomic E-state index is 13.4. The molecule has 7 heteroatoms. The van der Waals surface area contributed by atoms with Gasteiger partial charge in [0, 0.05) is 23.1 Å². The molecule has 3 aromatic rings. The number of halogens is 2. The van der Waals surface area contributed by atoms with Crippen LogP contribution < -0.4 is 9.47 Å². The van der Waals surface area contributed by atoms with Crippen LogP contribution in [0.5, 0.6) is 11.5 Å². The molecule has 1 amide bonds. The molecule has 1 aliphatic rings. The van der Waals surface area contributed by atoms with Gasteiger partial charge in [-0.1, -0.05) is 53.5 Å². The zero-order valence-corrected chi connectivity index (χ0v) is 18.5. The van der Waals surface area contributed by atoms with Crippen molar-refractivity contribution >= 4 is 34.8 Å². The van der Waals surface area contributed by atoms with Crippen LogP contribution in [0.25, 0.3) is 0 Å². The largest absolute Gasteiger partial charge is 0.497 e. The number of methoxy groups -OCH3 is 2. The summed E-state index contributed by atoms with van der Waals surface area (Å²) < 4.78 is 10.8. The molecule has 0 saturated heterocycles. The molecule has 0 radical (unpaired) electrons. The molecular weight excluding hydrogens is 435 g/mol. The number of amides is 1. The van der Waals surface area contributed by atoms with Crippen LogP contribution >= 0.6 is 23.2 Å². The Morgan fingerprint density at radius 2 is 1.68 bits per heavy atom. The smallest absolute Gasteiger partial charge is 0.276 e. The molecule has 0 fully saturated rings. The Balaban J connectivity index is 1.80. The highest BCUT2D eigenvalue weighted by molar-refractivity contribution is 6.34. The number of carbonyl (C=O) groups excluding carboxylic acids is 1. The molecule has 0 saturated carbocycles. The third-order valence-corrected chi connectivity index (χ3v) is 5.88. The molecule has 0 aliphatic carbocycles. The van der Waals surface area contributed by atoms with Crippen LogP contribution in [0.2, 0.25) is 10.0 Å². The first kappa shape index (κ1) is 21.2. The van der Waals surface area contributed by atoms with E-state index < -0.39 is 0 Å². The highest BCUT2D eigenvalue weighted by Crippen LogP contribution is 2.39. The van der Waals surface area contributed by atoms with E-state index in [0.717, 1.165) is 11.1 Å². The summed E-state index contributed by atoms with van der Waals surface area (Å²) in [5.74, 6) is 0.993. The van der Waals surface area contributed by atoms with E-state index in [1.807, 2.05) is 30.3 Å². The summed E-state index contributed by atoms with van der Waals surface area (Å²) in [6.07, 6.45) is 0.475. The highest BCUT2D eigenvalue weighted by Gasteiger charge is 2.36. The summed E-state index contributed by atoms with van der Waals surface area (Å²) in [5.41, 5.74) is 2.70. The molecule has 0 aromatic heterocycles. The summed E-state index contributed by atoms with van der Waals surface area (Å²) in [5, 5.41) is 7.10. The normalized spacial score (nSPS) is 15.5. The first-order valence-corrected chi connectivity index (χ1v) is 10.4. The second kappa shape index (κ2) is 9.00. The van der Waals surface area contributed by atoms with Gasteiger partial charge in [0.05, 0.1) is 36.6 Å². The van der Waals surface area contributed by atoms with E-state index in [0.29, 0.717) is 39.2 Å². The Morgan fingerprint density at radius 3 is 2.35 bits per heavy atom. The molecule has 0 unspecified atom stereocenters.